The summed E-state index contributed by atoms with van der Waals surface area (Å²) < 4.78 is 1.77. The molecular formula is C18H17N3O. The van der Waals surface area contributed by atoms with Gasteiger partial charge in [0, 0.05) is 11.9 Å². The number of anilines is 1. The molecule has 22 heavy (non-hydrogen) atoms. The van der Waals surface area contributed by atoms with Crippen molar-refractivity contribution in [3.63, 3.8) is 0 Å². The molecule has 1 N–H and O–H groups in total. The molecule has 0 aliphatic heterocycles. The van der Waals surface area contributed by atoms with E-state index >= 15 is 0 Å². The second-order valence-corrected chi connectivity index (χ2v) is 5.18. The molecule has 0 aliphatic carbocycles. The number of nitrogens with one attached hydrogen (secondary N) is 1. The van der Waals surface area contributed by atoms with Gasteiger partial charge in [0.05, 0.1) is 18.3 Å². The monoisotopic (exact) mass is 291 g/mol. The Morgan fingerprint density at radius 3 is 2.59 bits per heavy atom. The normalized spacial score (nSPS) is 10.4. The molecule has 1 amide bonds. The number of aromatic nitrogens is 2. The number of para-hydroxylation sites is 1. The molecule has 1 heterocycles. The summed E-state index contributed by atoms with van der Waals surface area (Å²) in [6, 6.07) is 17.7. The number of carbonyl (C=O) groups excluding carboxylic acids is 1. The zero-order valence-corrected chi connectivity index (χ0v) is 12.4. The Bertz CT molecular complexity index is 778. The average Bonchev–Trinajstić information content (AvgIpc) is 2.99. The van der Waals surface area contributed by atoms with E-state index in [0.717, 1.165) is 16.8 Å². The molecular weight excluding hydrogens is 274 g/mol. The molecule has 0 fully saturated rings. The van der Waals surface area contributed by atoms with Gasteiger partial charge in [0.25, 0.3) is 5.91 Å². The predicted octanol–water partition coefficient (Wildman–Crippen LogP) is 3.49. The van der Waals surface area contributed by atoms with Gasteiger partial charge in [0.1, 0.15) is 0 Å². The minimum atomic E-state index is -0.145. The topological polar surface area (TPSA) is 46.9 Å². The zero-order valence-electron chi connectivity index (χ0n) is 12.4. The van der Waals surface area contributed by atoms with E-state index in [1.807, 2.05) is 61.5 Å². The van der Waals surface area contributed by atoms with E-state index in [-0.39, 0.29) is 5.91 Å². The number of hydrogen-bond donors (Lipinski definition) is 1. The summed E-state index contributed by atoms with van der Waals surface area (Å²) in [5, 5.41) is 7.16. The molecule has 3 rings (SSSR count). The molecule has 0 spiro atoms. The Labute approximate surface area is 129 Å². The van der Waals surface area contributed by atoms with Crippen molar-refractivity contribution in [2.24, 2.45) is 0 Å². The Morgan fingerprint density at radius 1 is 1.09 bits per heavy atom. The lowest BCUT2D eigenvalue weighted by molar-refractivity contribution is 0.102. The summed E-state index contributed by atoms with van der Waals surface area (Å²) in [5.41, 5.74) is 3.56. The van der Waals surface area contributed by atoms with Crippen molar-refractivity contribution in [1.29, 1.82) is 0 Å². The molecule has 0 bridgehead atoms. The maximum absolute atomic E-state index is 12.3. The van der Waals surface area contributed by atoms with Crippen molar-refractivity contribution >= 4 is 11.6 Å². The van der Waals surface area contributed by atoms with E-state index in [4.69, 9.17) is 0 Å². The molecule has 1 aromatic heterocycles. The van der Waals surface area contributed by atoms with Gasteiger partial charge in [-0.05, 0) is 24.1 Å². The average molecular weight is 291 g/mol. The summed E-state index contributed by atoms with van der Waals surface area (Å²) in [4.78, 5) is 12.3. The van der Waals surface area contributed by atoms with Gasteiger partial charge in [-0.25, -0.2) is 0 Å². The van der Waals surface area contributed by atoms with E-state index in [9.17, 15) is 4.79 Å². The molecule has 4 nitrogen and oxygen atoms in total. The van der Waals surface area contributed by atoms with Gasteiger partial charge < -0.3 is 5.32 Å². The fourth-order valence-corrected chi connectivity index (χ4v) is 2.25. The summed E-state index contributed by atoms with van der Waals surface area (Å²) >= 11 is 0. The molecule has 4 heteroatoms. The van der Waals surface area contributed by atoms with Crippen molar-refractivity contribution in [3.8, 4) is 0 Å². The van der Waals surface area contributed by atoms with Crippen LogP contribution >= 0.6 is 0 Å². The van der Waals surface area contributed by atoms with Gasteiger partial charge in [-0.1, -0.05) is 48.5 Å². The molecule has 0 aliphatic rings. The minimum Gasteiger partial charge on any atom is -0.322 e. The lowest BCUT2D eigenvalue weighted by Crippen LogP contribution is -2.12. The molecule has 0 saturated heterocycles. The summed E-state index contributed by atoms with van der Waals surface area (Å²) in [6.45, 7) is 2.62. The first-order valence-corrected chi connectivity index (χ1v) is 7.16. The van der Waals surface area contributed by atoms with Crippen LogP contribution in [0.4, 0.5) is 5.69 Å². The highest BCUT2D eigenvalue weighted by molar-refractivity contribution is 6.04. The largest absolute Gasteiger partial charge is 0.322 e. The predicted molar refractivity (Wildman–Crippen MR) is 86.9 cm³/mol. The van der Waals surface area contributed by atoms with Crippen LogP contribution in [-0.2, 0) is 6.54 Å². The van der Waals surface area contributed by atoms with Gasteiger partial charge in [-0.15, -0.1) is 0 Å². The van der Waals surface area contributed by atoms with Gasteiger partial charge in [0.15, 0.2) is 0 Å². The summed E-state index contributed by atoms with van der Waals surface area (Å²) in [7, 11) is 0. The fourth-order valence-electron chi connectivity index (χ4n) is 2.25. The fraction of sp³-hybridized carbons (Fsp3) is 0.111. The van der Waals surface area contributed by atoms with Crippen LogP contribution in [-0.4, -0.2) is 15.7 Å². The third-order valence-corrected chi connectivity index (χ3v) is 3.48. The smallest absolute Gasteiger partial charge is 0.258 e. The van der Waals surface area contributed by atoms with Gasteiger partial charge in [-0.3, -0.25) is 9.48 Å². The quantitative estimate of drug-likeness (QED) is 0.800. The van der Waals surface area contributed by atoms with Gasteiger partial charge in [0.2, 0.25) is 0 Å². The van der Waals surface area contributed by atoms with E-state index in [1.54, 1.807) is 17.1 Å². The first-order chi connectivity index (χ1) is 10.7. The highest BCUT2D eigenvalue weighted by atomic mass is 16.1. The maximum atomic E-state index is 12.3. The van der Waals surface area contributed by atoms with E-state index in [0.29, 0.717) is 12.1 Å². The Kier molecular flexibility index (Phi) is 4.01. The van der Waals surface area contributed by atoms with Crippen LogP contribution in [0.2, 0.25) is 0 Å². The molecule has 0 atom stereocenters. The van der Waals surface area contributed by atoms with Crippen LogP contribution in [0, 0.1) is 6.92 Å². The van der Waals surface area contributed by atoms with Crippen LogP contribution in [0.3, 0.4) is 0 Å². The van der Waals surface area contributed by atoms with Crippen molar-refractivity contribution in [2.75, 3.05) is 5.32 Å². The number of nitrogens with zero attached hydrogens (tertiary/aromatic N) is 2. The lowest BCUT2D eigenvalue weighted by atomic mass is 10.2. The first kappa shape index (κ1) is 14.1. The van der Waals surface area contributed by atoms with Crippen molar-refractivity contribution in [2.45, 2.75) is 13.5 Å². The second-order valence-electron chi connectivity index (χ2n) is 5.18. The highest BCUT2D eigenvalue weighted by Crippen LogP contribution is 2.14. The van der Waals surface area contributed by atoms with Crippen LogP contribution < -0.4 is 5.32 Å². The Balaban J connectivity index is 1.71. The van der Waals surface area contributed by atoms with Crippen LogP contribution in [0.15, 0.2) is 67.0 Å². The number of benzene rings is 2. The summed E-state index contributed by atoms with van der Waals surface area (Å²) in [6.07, 6.45) is 3.36. The first-order valence-electron chi connectivity index (χ1n) is 7.16. The van der Waals surface area contributed by atoms with Gasteiger partial charge in [-0.2, -0.15) is 5.10 Å². The number of aryl methyl sites for hydroxylation is 1. The molecule has 2 aromatic carbocycles. The zero-order chi connectivity index (χ0) is 15.4. The maximum Gasteiger partial charge on any atom is 0.258 e. The third kappa shape index (κ3) is 3.23. The molecule has 0 saturated carbocycles. The second kappa shape index (κ2) is 6.26. The van der Waals surface area contributed by atoms with E-state index in [1.165, 1.54) is 0 Å². The van der Waals surface area contributed by atoms with Crippen LogP contribution in [0.1, 0.15) is 21.5 Å². The molecule has 3 aromatic rings. The van der Waals surface area contributed by atoms with Crippen LogP contribution in [0.5, 0.6) is 0 Å². The van der Waals surface area contributed by atoms with Crippen molar-refractivity contribution < 1.29 is 4.79 Å². The minimum absolute atomic E-state index is 0.145. The third-order valence-electron chi connectivity index (χ3n) is 3.48. The molecule has 0 radical (unpaired) electrons. The lowest BCUT2D eigenvalue weighted by Gasteiger charge is -2.06. The highest BCUT2D eigenvalue weighted by Gasteiger charge is 2.10. The SMILES string of the molecule is Cc1ccccc1NC(=O)c1cnn(Cc2ccccc2)c1. The Morgan fingerprint density at radius 2 is 1.82 bits per heavy atom. The van der Waals surface area contributed by atoms with Crippen LogP contribution in [0.25, 0.3) is 0 Å². The van der Waals surface area contributed by atoms with Crippen molar-refractivity contribution in [1.82, 2.24) is 9.78 Å². The number of hydrogen-bond acceptors (Lipinski definition) is 2. The van der Waals surface area contributed by atoms with Gasteiger partial charge >= 0.3 is 0 Å². The summed E-state index contributed by atoms with van der Waals surface area (Å²) in [5.74, 6) is -0.145. The van der Waals surface area contributed by atoms with E-state index in [2.05, 4.69) is 10.4 Å². The number of rotatable bonds is 4. The standard InChI is InChI=1S/C18H17N3O/c1-14-7-5-6-10-17(14)20-18(22)16-11-19-21(13-16)12-15-8-3-2-4-9-15/h2-11,13H,12H2,1H3,(H,20,22). The molecule has 110 valence electrons. The molecule has 0 unspecified atom stereocenters. The van der Waals surface area contributed by atoms with E-state index < -0.39 is 0 Å². The Hall–Kier alpha value is -2.88. The number of amides is 1. The number of carbonyl (C=O) groups is 1. The van der Waals surface area contributed by atoms with Crippen molar-refractivity contribution in [3.05, 3.63) is 83.7 Å².